The van der Waals surface area contributed by atoms with Crippen molar-refractivity contribution in [3.05, 3.63) is 72.8 Å². The summed E-state index contributed by atoms with van der Waals surface area (Å²) in [5.74, 6) is -0.232. The molecule has 0 saturated carbocycles. The Balaban J connectivity index is 0.000000753. The number of nitrogens with zero attached hydrogens (tertiary/aromatic N) is 2. The second-order valence-corrected chi connectivity index (χ2v) is 4.90. The van der Waals surface area contributed by atoms with Crippen LogP contribution in [-0.4, -0.2) is 9.97 Å². The quantitative estimate of drug-likeness (QED) is 0.336. The van der Waals surface area contributed by atoms with E-state index >= 15 is 0 Å². The summed E-state index contributed by atoms with van der Waals surface area (Å²) in [6, 6.07) is 16.5. The molecule has 0 radical (unpaired) electrons. The zero-order valence-electron chi connectivity index (χ0n) is 11.9. The minimum atomic E-state index is -0.232. The summed E-state index contributed by atoms with van der Waals surface area (Å²) in [4.78, 5) is 8.91. The molecule has 2 aromatic carbocycles. The molecule has 4 rings (SSSR count). The molecule has 2 aromatic heterocycles. The Kier molecular flexibility index (Phi) is 4.97. The van der Waals surface area contributed by atoms with E-state index in [0.717, 1.165) is 32.9 Å². The molecule has 0 aliphatic carbocycles. The summed E-state index contributed by atoms with van der Waals surface area (Å²) >= 11 is 1.19. The fraction of sp³-hybridized carbons (Fsp3) is 0. The second kappa shape index (κ2) is 7.14. The Labute approximate surface area is 147 Å². The summed E-state index contributed by atoms with van der Waals surface area (Å²) in [7, 11) is 4.69. The van der Waals surface area contributed by atoms with E-state index in [-0.39, 0.29) is 5.82 Å². The zero-order chi connectivity index (χ0) is 16.2. The first-order chi connectivity index (χ1) is 11.3. The van der Waals surface area contributed by atoms with Crippen LogP contribution in [0.15, 0.2) is 67.0 Å². The number of aromatic nitrogens is 2. The van der Waals surface area contributed by atoms with Gasteiger partial charge in [0.1, 0.15) is 5.82 Å². The van der Waals surface area contributed by atoms with E-state index in [9.17, 15) is 4.39 Å². The Morgan fingerprint density at radius 2 is 1.52 bits per heavy atom. The first-order valence-corrected chi connectivity index (χ1v) is 10.2. The van der Waals surface area contributed by atoms with Crippen LogP contribution in [-0.2, 0) is 18.2 Å². The van der Waals surface area contributed by atoms with Gasteiger partial charge < -0.3 is 0 Å². The molecule has 0 unspecified atom stereocenters. The van der Waals surface area contributed by atoms with Crippen molar-refractivity contribution in [2.75, 3.05) is 0 Å². The number of fused-ring (bicyclic) bond motifs is 3. The third-order valence-corrected chi connectivity index (χ3v) is 3.64. The van der Waals surface area contributed by atoms with Crippen molar-refractivity contribution < 1.29 is 22.6 Å². The molecule has 2 nitrogen and oxygen atoms in total. The Bertz CT molecular complexity index is 958. The molecule has 23 heavy (non-hydrogen) atoms. The monoisotopic (exact) mass is 496 g/mol. The maximum absolute atomic E-state index is 13.1. The molecule has 0 aliphatic heterocycles. The van der Waals surface area contributed by atoms with E-state index < -0.39 is 0 Å². The predicted octanol–water partition coefficient (Wildman–Crippen LogP) is 5.28. The van der Waals surface area contributed by atoms with Crippen LogP contribution in [0.4, 0.5) is 4.39 Å². The molecule has 5 heteroatoms. The zero-order valence-corrected chi connectivity index (χ0v) is 15.4. The molecule has 0 spiro atoms. The van der Waals surface area contributed by atoms with Gasteiger partial charge in [-0.15, -0.1) is 0 Å². The van der Waals surface area contributed by atoms with Gasteiger partial charge in [0.2, 0.25) is 0 Å². The maximum atomic E-state index is 13.1. The average Bonchev–Trinajstić information content (AvgIpc) is 2.63. The molecule has 0 bridgehead atoms. The van der Waals surface area contributed by atoms with E-state index in [4.69, 9.17) is 9.53 Å². The topological polar surface area (TPSA) is 25.8 Å². The number of pyridine rings is 2. The van der Waals surface area contributed by atoms with E-state index in [2.05, 4.69) is 9.97 Å². The molecule has 0 aliphatic rings. The number of halogens is 2. The van der Waals surface area contributed by atoms with Gasteiger partial charge in [-0.25, -0.2) is 4.39 Å². The SMILES string of the molecule is Fc1ccc(-c2ccnc3c2ccc2cccnc23)cc1.[Cl][Re]. The van der Waals surface area contributed by atoms with Gasteiger partial charge in [-0.3, -0.25) is 9.97 Å². The summed E-state index contributed by atoms with van der Waals surface area (Å²) in [6.07, 6.45) is 3.54. The third-order valence-electron chi connectivity index (χ3n) is 3.64. The fourth-order valence-electron chi connectivity index (χ4n) is 2.64. The molecule has 114 valence electrons. The van der Waals surface area contributed by atoms with E-state index in [0.29, 0.717) is 0 Å². The molecular formula is C18H11ClFN2Re. The van der Waals surface area contributed by atoms with Gasteiger partial charge in [0, 0.05) is 23.2 Å². The predicted molar refractivity (Wildman–Crippen MR) is 88.3 cm³/mol. The first kappa shape index (κ1) is 16.0. The van der Waals surface area contributed by atoms with Gasteiger partial charge in [0.25, 0.3) is 0 Å². The molecule has 2 heterocycles. The Morgan fingerprint density at radius 3 is 2.30 bits per heavy atom. The molecule has 0 atom stereocenters. The molecule has 0 fully saturated rings. The normalized spacial score (nSPS) is 10.4. The van der Waals surface area contributed by atoms with Gasteiger partial charge in [-0.1, -0.05) is 30.3 Å². The van der Waals surface area contributed by atoms with Crippen molar-refractivity contribution >= 4 is 31.3 Å². The van der Waals surface area contributed by atoms with Crippen molar-refractivity contribution in [3.8, 4) is 11.1 Å². The van der Waals surface area contributed by atoms with Crippen molar-refractivity contribution in [1.29, 1.82) is 0 Å². The van der Waals surface area contributed by atoms with Crippen molar-refractivity contribution in [2.45, 2.75) is 0 Å². The molecule has 4 aromatic rings. The third kappa shape index (κ3) is 3.11. The first-order valence-electron chi connectivity index (χ1n) is 6.85. The average molecular weight is 496 g/mol. The standard InChI is InChI=1S/C18H11FN2.ClH.Re/c19-14-6-3-12(4-7-14)15-9-11-21-18-16(15)8-5-13-2-1-10-20-17(13)18;;/h1-11H;1H;/q;;+1/p-1. The Hall–Kier alpha value is -1.86. The van der Waals surface area contributed by atoms with Crippen LogP contribution >= 0.6 is 9.53 Å². The number of rotatable bonds is 1. The van der Waals surface area contributed by atoms with Gasteiger partial charge >= 0.3 is 27.7 Å². The van der Waals surface area contributed by atoms with Gasteiger partial charge in [-0.05, 0) is 35.4 Å². The molecule has 0 amide bonds. The van der Waals surface area contributed by atoms with E-state index in [1.54, 1.807) is 24.5 Å². The van der Waals surface area contributed by atoms with E-state index in [1.807, 2.05) is 30.3 Å². The van der Waals surface area contributed by atoms with E-state index in [1.165, 1.54) is 30.3 Å². The van der Waals surface area contributed by atoms with Gasteiger partial charge in [0.15, 0.2) is 0 Å². The summed E-state index contributed by atoms with van der Waals surface area (Å²) < 4.78 is 13.1. The van der Waals surface area contributed by atoms with Crippen molar-refractivity contribution in [1.82, 2.24) is 9.97 Å². The van der Waals surface area contributed by atoms with Crippen LogP contribution in [0.25, 0.3) is 32.9 Å². The minimum absolute atomic E-state index is 0.232. The summed E-state index contributed by atoms with van der Waals surface area (Å²) in [5, 5.41) is 2.09. The summed E-state index contributed by atoms with van der Waals surface area (Å²) in [6.45, 7) is 0. The van der Waals surface area contributed by atoms with Crippen LogP contribution < -0.4 is 0 Å². The number of benzene rings is 2. The van der Waals surface area contributed by atoms with Crippen molar-refractivity contribution in [2.24, 2.45) is 0 Å². The van der Waals surface area contributed by atoms with Crippen LogP contribution in [0.3, 0.4) is 0 Å². The van der Waals surface area contributed by atoms with Crippen LogP contribution in [0.1, 0.15) is 0 Å². The molecular weight excluding hydrogens is 485 g/mol. The summed E-state index contributed by atoms with van der Waals surface area (Å²) in [5.41, 5.74) is 3.76. The fourth-order valence-corrected chi connectivity index (χ4v) is 2.64. The molecule has 0 saturated heterocycles. The van der Waals surface area contributed by atoms with Gasteiger partial charge in [-0.2, -0.15) is 0 Å². The van der Waals surface area contributed by atoms with Gasteiger partial charge in [0.05, 0.1) is 11.0 Å². The second-order valence-electron chi connectivity index (χ2n) is 4.90. The van der Waals surface area contributed by atoms with Crippen LogP contribution in [0.2, 0.25) is 0 Å². The number of hydrogen-bond acceptors (Lipinski definition) is 2. The number of hydrogen-bond donors (Lipinski definition) is 0. The Morgan fingerprint density at radius 1 is 0.783 bits per heavy atom. The van der Waals surface area contributed by atoms with Crippen LogP contribution in [0.5, 0.6) is 0 Å². The molecule has 0 N–H and O–H groups in total. The van der Waals surface area contributed by atoms with Crippen molar-refractivity contribution in [3.63, 3.8) is 0 Å². The van der Waals surface area contributed by atoms with Crippen LogP contribution in [0, 0.1) is 5.82 Å².